The second-order valence-corrected chi connectivity index (χ2v) is 16.0. The standard InChI is InChI=1S/C36H48BNO2/c1-32(2,3)23-14-16-30-28(20-23)29-21-24(33(4,5)6)15-17-31(29)38(30)27-19-25(34(7,8)9)18-26(22-27)37-39-35(10,11)36(12,13)40-37/h14-22H,1-13H3. The first kappa shape index (κ1) is 29.0. The molecule has 2 heterocycles. The largest absolute Gasteiger partial charge is 0.494 e. The van der Waals surface area contributed by atoms with Gasteiger partial charge < -0.3 is 13.9 Å². The van der Waals surface area contributed by atoms with Crippen molar-refractivity contribution >= 4 is 34.4 Å². The minimum Gasteiger partial charge on any atom is -0.399 e. The van der Waals surface area contributed by atoms with Gasteiger partial charge in [-0.05, 0) is 102 Å². The number of benzene rings is 3. The Morgan fingerprint density at radius 3 is 1.38 bits per heavy atom. The lowest BCUT2D eigenvalue weighted by Gasteiger charge is -2.32. The van der Waals surface area contributed by atoms with Gasteiger partial charge in [0.05, 0.1) is 22.2 Å². The van der Waals surface area contributed by atoms with Crippen LogP contribution < -0.4 is 5.46 Å². The van der Waals surface area contributed by atoms with Gasteiger partial charge in [-0.15, -0.1) is 0 Å². The molecule has 0 bridgehead atoms. The van der Waals surface area contributed by atoms with E-state index in [4.69, 9.17) is 9.31 Å². The van der Waals surface area contributed by atoms with E-state index in [0.717, 1.165) is 11.2 Å². The maximum absolute atomic E-state index is 6.54. The SMILES string of the molecule is CC(C)(C)c1cc(B2OC(C)(C)C(C)(C)O2)cc(-n2c3ccc(C(C)(C)C)cc3c3cc(C(C)(C)C)ccc32)c1. The summed E-state index contributed by atoms with van der Waals surface area (Å²) < 4.78 is 15.5. The van der Waals surface area contributed by atoms with Crippen LogP contribution >= 0.6 is 0 Å². The molecule has 1 aliphatic rings. The molecule has 4 heteroatoms. The first-order valence-electron chi connectivity index (χ1n) is 14.8. The number of hydrogen-bond donors (Lipinski definition) is 0. The Hall–Kier alpha value is -2.56. The van der Waals surface area contributed by atoms with Crippen LogP contribution in [0.4, 0.5) is 0 Å². The lowest BCUT2D eigenvalue weighted by atomic mass is 9.75. The molecule has 1 fully saturated rings. The van der Waals surface area contributed by atoms with Crippen LogP contribution in [-0.4, -0.2) is 22.9 Å². The van der Waals surface area contributed by atoms with Crippen molar-refractivity contribution in [3.8, 4) is 5.69 Å². The molecule has 4 aromatic rings. The van der Waals surface area contributed by atoms with Gasteiger partial charge in [0, 0.05) is 16.5 Å². The van der Waals surface area contributed by atoms with Crippen molar-refractivity contribution in [2.45, 2.75) is 117 Å². The van der Waals surface area contributed by atoms with Crippen LogP contribution in [0, 0.1) is 0 Å². The van der Waals surface area contributed by atoms with Gasteiger partial charge in [-0.25, -0.2) is 0 Å². The highest BCUT2D eigenvalue weighted by atomic mass is 16.7. The van der Waals surface area contributed by atoms with Crippen molar-refractivity contribution in [1.29, 1.82) is 0 Å². The Morgan fingerprint density at radius 2 is 0.975 bits per heavy atom. The van der Waals surface area contributed by atoms with Crippen molar-refractivity contribution in [3.05, 3.63) is 71.3 Å². The summed E-state index contributed by atoms with van der Waals surface area (Å²) in [7, 11) is -0.417. The Bertz CT molecular complexity index is 1520. The molecule has 212 valence electrons. The van der Waals surface area contributed by atoms with Gasteiger partial charge in [0.15, 0.2) is 0 Å². The molecule has 40 heavy (non-hydrogen) atoms. The Balaban J connectivity index is 1.82. The summed E-state index contributed by atoms with van der Waals surface area (Å²) in [6.07, 6.45) is 0. The van der Waals surface area contributed by atoms with Crippen LogP contribution in [-0.2, 0) is 25.6 Å². The Labute approximate surface area is 242 Å². The van der Waals surface area contributed by atoms with Gasteiger partial charge in [0.25, 0.3) is 0 Å². The molecule has 1 saturated heterocycles. The fourth-order valence-electron chi connectivity index (χ4n) is 5.55. The summed E-state index contributed by atoms with van der Waals surface area (Å²) in [4.78, 5) is 0. The topological polar surface area (TPSA) is 23.4 Å². The molecule has 0 spiro atoms. The van der Waals surface area contributed by atoms with E-state index in [2.05, 4.69) is 149 Å². The van der Waals surface area contributed by atoms with Gasteiger partial charge in [-0.1, -0.05) is 80.5 Å². The van der Waals surface area contributed by atoms with Gasteiger partial charge in [-0.2, -0.15) is 0 Å². The highest BCUT2D eigenvalue weighted by Gasteiger charge is 2.52. The van der Waals surface area contributed by atoms with Crippen molar-refractivity contribution in [2.24, 2.45) is 0 Å². The molecule has 0 N–H and O–H groups in total. The average Bonchev–Trinajstić information content (AvgIpc) is 3.25. The van der Waals surface area contributed by atoms with Crippen LogP contribution in [0.25, 0.3) is 27.5 Å². The van der Waals surface area contributed by atoms with Crippen molar-refractivity contribution in [1.82, 2.24) is 4.57 Å². The normalized spacial score (nSPS) is 17.8. The molecule has 3 aromatic carbocycles. The lowest BCUT2D eigenvalue weighted by molar-refractivity contribution is 0.00578. The third-order valence-corrected chi connectivity index (χ3v) is 9.09. The zero-order chi connectivity index (χ0) is 29.6. The first-order valence-corrected chi connectivity index (χ1v) is 14.8. The molecule has 0 unspecified atom stereocenters. The molecule has 1 aliphatic heterocycles. The summed E-state index contributed by atoms with van der Waals surface area (Å²) in [6.45, 7) is 29.0. The van der Waals surface area contributed by atoms with E-state index in [1.54, 1.807) is 0 Å². The zero-order valence-corrected chi connectivity index (χ0v) is 27.0. The molecule has 0 amide bonds. The first-order chi connectivity index (χ1) is 18.2. The zero-order valence-electron chi connectivity index (χ0n) is 27.0. The van der Waals surface area contributed by atoms with Crippen LogP contribution in [0.1, 0.15) is 107 Å². The number of hydrogen-bond acceptors (Lipinski definition) is 2. The smallest absolute Gasteiger partial charge is 0.399 e. The molecular weight excluding hydrogens is 489 g/mol. The quantitative estimate of drug-likeness (QED) is 0.238. The lowest BCUT2D eigenvalue weighted by Crippen LogP contribution is -2.41. The van der Waals surface area contributed by atoms with E-state index in [1.807, 2.05) is 0 Å². The van der Waals surface area contributed by atoms with Crippen LogP contribution in [0.5, 0.6) is 0 Å². The molecule has 0 aliphatic carbocycles. The minimum atomic E-state index is -0.417. The fourth-order valence-corrected chi connectivity index (χ4v) is 5.55. The number of nitrogens with zero attached hydrogens (tertiary/aromatic N) is 1. The minimum absolute atomic E-state index is 0.0357. The summed E-state index contributed by atoms with van der Waals surface area (Å²) in [6, 6.07) is 20.9. The monoisotopic (exact) mass is 537 g/mol. The third-order valence-electron chi connectivity index (χ3n) is 9.09. The van der Waals surface area contributed by atoms with E-state index in [-0.39, 0.29) is 16.2 Å². The van der Waals surface area contributed by atoms with Gasteiger partial charge in [0.2, 0.25) is 0 Å². The van der Waals surface area contributed by atoms with E-state index in [1.165, 1.54) is 38.5 Å². The highest BCUT2D eigenvalue weighted by molar-refractivity contribution is 6.62. The second-order valence-electron chi connectivity index (χ2n) is 16.0. The molecule has 5 rings (SSSR count). The van der Waals surface area contributed by atoms with Gasteiger partial charge >= 0.3 is 7.12 Å². The number of fused-ring (bicyclic) bond motifs is 3. The maximum Gasteiger partial charge on any atom is 0.494 e. The number of aromatic nitrogens is 1. The van der Waals surface area contributed by atoms with Gasteiger partial charge in [0.1, 0.15) is 0 Å². The average molecular weight is 538 g/mol. The Morgan fingerprint density at radius 1 is 0.550 bits per heavy atom. The molecular formula is C36H48BNO2. The molecule has 3 nitrogen and oxygen atoms in total. The summed E-state index contributed by atoms with van der Waals surface area (Å²) in [5.41, 5.74) is 7.93. The van der Waals surface area contributed by atoms with E-state index >= 15 is 0 Å². The third kappa shape index (κ3) is 4.92. The van der Waals surface area contributed by atoms with E-state index < -0.39 is 18.3 Å². The highest BCUT2D eigenvalue weighted by Crippen LogP contribution is 2.40. The number of rotatable bonds is 2. The fraction of sp³-hybridized carbons (Fsp3) is 0.500. The van der Waals surface area contributed by atoms with Crippen molar-refractivity contribution < 1.29 is 9.31 Å². The summed E-state index contributed by atoms with van der Waals surface area (Å²) in [5, 5.41) is 2.60. The predicted molar refractivity (Wildman–Crippen MR) is 173 cm³/mol. The van der Waals surface area contributed by atoms with Crippen LogP contribution in [0.3, 0.4) is 0 Å². The molecule has 1 aromatic heterocycles. The van der Waals surface area contributed by atoms with Crippen molar-refractivity contribution in [3.63, 3.8) is 0 Å². The van der Waals surface area contributed by atoms with Crippen LogP contribution in [0.15, 0.2) is 54.6 Å². The van der Waals surface area contributed by atoms with Gasteiger partial charge in [-0.3, -0.25) is 0 Å². The Kier molecular flexibility index (Phi) is 6.49. The molecule has 0 radical (unpaired) electrons. The summed E-state index contributed by atoms with van der Waals surface area (Å²) in [5.74, 6) is 0. The van der Waals surface area contributed by atoms with E-state index in [9.17, 15) is 0 Å². The second kappa shape index (κ2) is 8.97. The van der Waals surface area contributed by atoms with Crippen LogP contribution in [0.2, 0.25) is 0 Å². The maximum atomic E-state index is 6.54. The molecule has 0 atom stereocenters. The van der Waals surface area contributed by atoms with E-state index in [0.29, 0.717) is 0 Å². The summed E-state index contributed by atoms with van der Waals surface area (Å²) >= 11 is 0. The van der Waals surface area contributed by atoms with Crippen molar-refractivity contribution in [2.75, 3.05) is 0 Å². The predicted octanol–water partition coefficient (Wildman–Crippen LogP) is 8.98. The molecule has 0 saturated carbocycles.